The van der Waals surface area contributed by atoms with Gasteiger partial charge in [0.2, 0.25) is 0 Å². The maximum absolute atomic E-state index is 10.3. The SMILES string of the molecule is COCOCCCCCCCCCCCCCCC/C=C/C(=O)O. The Balaban J connectivity index is 3.01. The van der Waals surface area contributed by atoms with Crippen LogP contribution < -0.4 is 0 Å². The summed E-state index contributed by atoms with van der Waals surface area (Å²) in [5, 5.41) is 8.46. The molecule has 24 heavy (non-hydrogen) atoms. The normalized spacial score (nSPS) is 11.4. The van der Waals surface area contributed by atoms with Crippen LogP contribution in [0.2, 0.25) is 0 Å². The molecule has 0 unspecified atom stereocenters. The van der Waals surface area contributed by atoms with Gasteiger partial charge in [0.15, 0.2) is 0 Å². The number of methoxy groups -OCH3 is 1. The smallest absolute Gasteiger partial charge is 0.327 e. The minimum absolute atomic E-state index is 0.418. The van der Waals surface area contributed by atoms with E-state index in [1.54, 1.807) is 13.2 Å². The Morgan fingerprint density at radius 2 is 1.25 bits per heavy atom. The van der Waals surface area contributed by atoms with E-state index in [0.29, 0.717) is 6.79 Å². The van der Waals surface area contributed by atoms with Crippen LogP contribution in [0, 0.1) is 0 Å². The number of rotatable bonds is 19. The quantitative estimate of drug-likeness (QED) is 0.186. The Kier molecular flexibility index (Phi) is 19.4. The molecule has 0 radical (unpaired) electrons. The maximum atomic E-state index is 10.3. The molecule has 0 saturated carbocycles. The van der Waals surface area contributed by atoms with Gasteiger partial charge in [-0.05, 0) is 19.3 Å². The summed E-state index contributed by atoms with van der Waals surface area (Å²) in [5.41, 5.74) is 0. The van der Waals surface area contributed by atoms with E-state index in [-0.39, 0.29) is 0 Å². The lowest BCUT2D eigenvalue weighted by Crippen LogP contribution is -1.98. The summed E-state index contributed by atoms with van der Waals surface area (Å²) in [4.78, 5) is 10.3. The van der Waals surface area contributed by atoms with Crippen LogP contribution in [0.25, 0.3) is 0 Å². The zero-order chi connectivity index (χ0) is 17.7. The molecule has 0 bridgehead atoms. The van der Waals surface area contributed by atoms with Gasteiger partial charge in [0.1, 0.15) is 6.79 Å². The summed E-state index contributed by atoms with van der Waals surface area (Å²) < 4.78 is 10.1. The molecule has 0 fully saturated rings. The summed E-state index contributed by atoms with van der Waals surface area (Å²) in [6, 6.07) is 0. The largest absolute Gasteiger partial charge is 0.478 e. The molecule has 0 aromatic heterocycles. The Morgan fingerprint density at radius 1 is 0.792 bits per heavy atom. The van der Waals surface area contributed by atoms with Gasteiger partial charge in [-0.2, -0.15) is 0 Å². The molecule has 0 aliphatic rings. The van der Waals surface area contributed by atoms with Crippen molar-refractivity contribution in [2.24, 2.45) is 0 Å². The van der Waals surface area contributed by atoms with Gasteiger partial charge in [-0.1, -0.05) is 76.7 Å². The number of carboxylic acid groups (broad SMARTS) is 1. The highest BCUT2D eigenvalue weighted by Gasteiger charge is 1.94. The third-order valence-electron chi connectivity index (χ3n) is 4.12. The fourth-order valence-corrected chi connectivity index (χ4v) is 2.74. The second-order valence-corrected chi connectivity index (χ2v) is 6.44. The number of carbonyl (C=O) groups is 1. The first-order chi connectivity index (χ1) is 11.8. The second kappa shape index (κ2) is 20.2. The van der Waals surface area contributed by atoms with Gasteiger partial charge in [-0.15, -0.1) is 0 Å². The fourth-order valence-electron chi connectivity index (χ4n) is 2.74. The van der Waals surface area contributed by atoms with Gasteiger partial charge in [0.25, 0.3) is 0 Å². The molecule has 0 spiro atoms. The Hall–Kier alpha value is -0.870. The van der Waals surface area contributed by atoms with Crippen molar-refractivity contribution in [3.05, 3.63) is 12.2 Å². The van der Waals surface area contributed by atoms with Gasteiger partial charge in [-0.3, -0.25) is 0 Å². The van der Waals surface area contributed by atoms with Crippen LogP contribution in [0.4, 0.5) is 0 Å². The number of unbranched alkanes of at least 4 members (excludes halogenated alkanes) is 13. The molecule has 4 heteroatoms. The molecule has 0 rings (SSSR count). The molecule has 0 atom stereocenters. The average molecular weight is 343 g/mol. The van der Waals surface area contributed by atoms with Gasteiger partial charge < -0.3 is 14.6 Å². The van der Waals surface area contributed by atoms with Crippen molar-refractivity contribution in [3.8, 4) is 0 Å². The molecule has 142 valence electrons. The van der Waals surface area contributed by atoms with Gasteiger partial charge in [0, 0.05) is 19.8 Å². The zero-order valence-corrected chi connectivity index (χ0v) is 15.6. The van der Waals surface area contributed by atoms with Crippen molar-refractivity contribution in [1.29, 1.82) is 0 Å². The number of allylic oxidation sites excluding steroid dienone is 1. The summed E-state index contributed by atoms with van der Waals surface area (Å²) in [7, 11) is 1.66. The third-order valence-corrected chi connectivity index (χ3v) is 4.12. The lowest BCUT2D eigenvalue weighted by molar-refractivity contribution is -0.131. The van der Waals surface area contributed by atoms with E-state index in [0.717, 1.165) is 25.9 Å². The number of hydrogen-bond acceptors (Lipinski definition) is 3. The molecule has 0 heterocycles. The molecular formula is C20H38O4. The predicted molar refractivity (Wildman–Crippen MR) is 99.2 cm³/mol. The van der Waals surface area contributed by atoms with E-state index in [2.05, 4.69) is 0 Å². The van der Waals surface area contributed by atoms with Crippen LogP contribution >= 0.6 is 0 Å². The Labute approximate surface area is 148 Å². The Bertz CT molecular complexity index is 289. The molecule has 0 amide bonds. The second-order valence-electron chi connectivity index (χ2n) is 6.44. The van der Waals surface area contributed by atoms with Crippen molar-refractivity contribution in [3.63, 3.8) is 0 Å². The lowest BCUT2D eigenvalue weighted by atomic mass is 10.0. The highest BCUT2D eigenvalue weighted by Crippen LogP contribution is 2.13. The first-order valence-corrected chi connectivity index (χ1v) is 9.73. The van der Waals surface area contributed by atoms with Crippen molar-refractivity contribution < 1.29 is 19.4 Å². The van der Waals surface area contributed by atoms with E-state index in [1.165, 1.54) is 76.7 Å². The van der Waals surface area contributed by atoms with Crippen LogP contribution in [0.3, 0.4) is 0 Å². The van der Waals surface area contributed by atoms with Gasteiger partial charge >= 0.3 is 5.97 Å². The van der Waals surface area contributed by atoms with Gasteiger partial charge in [-0.25, -0.2) is 4.79 Å². The molecular weight excluding hydrogens is 304 g/mol. The first kappa shape index (κ1) is 23.1. The highest BCUT2D eigenvalue weighted by atomic mass is 16.7. The number of ether oxygens (including phenoxy) is 2. The molecule has 0 aromatic carbocycles. The molecule has 1 N–H and O–H groups in total. The van der Waals surface area contributed by atoms with Gasteiger partial charge in [0.05, 0.1) is 0 Å². The molecule has 0 aliphatic heterocycles. The van der Waals surface area contributed by atoms with Crippen molar-refractivity contribution in [1.82, 2.24) is 0 Å². The molecule has 0 aliphatic carbocycles. The monoisotopic (exact) mass is 342 g/mol. The maximum Gasteiger partial charge on any atom is 0.327 e. The lowest BCUT2D eigenvalue weighted by Gasteiger charge is -2.04. The summed E-state index contributed by atoms with van der Waals surface area (Å²) in [6.07, 6.45) is 20.8. The minimum Gasteiger partial charge on any atom is -0.478 e. The topological polar surface area (TPSA) is 55.8 Å². The number of hydrogen-bond donors (Lipinski definition) is 1. The van der Waals surface area contributed by atoms with Crippen molar-refractivity contribution in [2.75, 3.05) is 20.5 Å². The first-order valence-electron chi connectivity index (χ1n) is 9.73. The Morgan fingerprint density at radius 3 is 1.71 bits per heavy atom. The van der Waals surface area contributed by atoms with E-state index in [1.807, 2.05) is 0 Å². The van der Waals surface area contributed by atoms with E-state index >= 15 is 0 Å². The van der Waals surface area contributed by atoms with Crippen LogP contribution in [0.15, 0.2) is 12.2 Å². The summed E-state index contributed by atoms with van der Waals surface area (Å²) in [5.74, 6) is -0.842. The third kappa shape index (κ3) is 21.1. The van der Waals surface area contributed by atoms with Crippen LogP contribution in [0.1, 0.15) is 89.9 Å². The van der Waals surface area contributed by atoms with Crippen molar-refractivity contribution >= 4 is 5.97 Å². The molecule has 0 saturated heterocycles. The minimum atomic E-state index is -0.842. The molecule has 4 nitrogen and oxygen atoms in total. The summed E-state index contributed by atoms with van der Waals surface area (Å²) in [6.45, 7) is 1.24. The average Bonchev–Trinajstić information content (AvgIpc) is 2.56. The van der Waals surface area contributed by atoms with E-state index in [9.17, 15) is 4.79 Å². The van der Waals surface area contributed by atoms with E-state index < -0.39 is 5.97 Å². The van der Waals surface area contributed by atoms with Crippen molar-refractivity contribution in [2.45, 2.75) is 89.9 Å². The van der Waals surface area contributed by atoms with Crippen LogP contribution in [0.5, 0.6) is 0 Å². The molecule has 0 aromatic rings. The van der Waals surface area contributed by atoms with Crippen LogP contribution in [-0.2, 0) is 14.3 Å². The zero-order valence-electron chi connectivity index (χ0n) is 15.6. The fraction of sp³-hybridized carbons (Fsp3) is 0.850. The van der Waals surface area contributed by atoms with E-state index in [4.69, 9.17) is 14.6 Å². The number of aliphatic carboxylic acids is 1. The number of carboxylic acids is 1. The summed E-state index contributed by atoms with van der Waals surface area (Å²) >= 11 is 0. The predicted octanol–water partition coefficient (Wildman–Crippen LogP) is 5.71. The van der Waals surface area contributed by atoms with Crippen LogP contribution in [-0.4, -0.2) is 31.6 Å². The standard InChI is InChI=1S/C20H38O4/c1-23-19-24-18-16-14-12-10-8-6-4-2-3-5-7-9-11-13-15-17-20(21)22/h15,17H,2-14,16,18-19H2,1H3,(H,21,22)/b17-15+. The highest BCUT2D eigenvalue weighted by molar-refractivity contribution is 5.79.